The van der Waals surface area contributed by atoms with Gasteiger partial charge in [-0.2, -0.15) is 0 Å². The van der Waals surface area contributed by atoms with Crippen molar-refractivity contribution in [1.82, 2.24) is 0 Å². The first-order valence-corrected chi connectivity index (χ1v) is 7.96. The molecule has 3 aliphatic rings. The summed E-state index contributed by atoms with van der Waals surface area (Å²) in [4.78, 5) is 0. The van der Waals surface area contributed by atoms with E-state index in [2.05, 4.69) is 42.5 Å². The Morgan fingerprint density at radius 3 is 2.39 bits per heavy atom. The molecular formula is C20H14O3. The molecule has 0 bridgehead atoms. The van der Waals surface area contributed by atoms with Gasteiger partial charge in [-0.1, -0.05) is 42.5 Å². The summed E-state index contributed by atoms with van der Waals surface area (Å²) >= 11 is 0. The fourth-order valence-corrected chi connectivity index (χ4v) is 4.46. The number of rotatable bonds is 0. The Morgan fingerprint density at radius 1 is 0.826 bits per heavy atom. The Hall–Kier alpha value is -2.20. The van der Waals surface area contributed by atoms with E-state index in [0.717, 1.165) is 22.1 Å². The second kappa shape index (κ2) is 3.82. The Kier molecular flexibility index (Phi) is 2.03. The lowest BCUT2D eigenvalue weighted by Crippen LogP contribution is -2.29. The van der Waals surface area contributed by atoms with Crippen molar-refractivity contribution in [3.05, 3.63) is 59.7 Å². The van der Waals surface area contributed by atoms with Crippen LogP contribution in [0.1, 0.15) is 23.3 Å². The highest BCUT2D eigenvalue weighted by Gasteiger charge is 2.54. The molecular weight excluding hydrogens is 288 g/mol. The number of aliphatic hydroxyl groups excluding tert-OH is 2. The van der Waals surface area contributed by atoms with Crippen LogP contribution >= 0.6 is 0 Å². The topological polar surface area (TPSA) is 53.0 Å². The number of aliphatic hydroxyl groups is 2. The molecule has 1 saturated heterocycles. The molecule has 1 heterocycles. The Labute approximate surface area is 132 Å². The summed E-state index contributed by atoms with van der Waals surface area (Å²) in [5.74, 6) is 0. The minimum absolute atomic E-state index is 0.0867. The zero-order chi connectivity index (χ0) is 15.3. The van der Waals surface area contributed by atoms with Crippen LogP contribution in [0.4, 0.5) is 0 Å². The zero-order valence-corrected chi connectivity index (χ0v) is 12.2. The van der Waals surface area contributed by atoms with Gasteiger partial charge in [-0.25, -0.2) is 0 Å². The van der Waals surface area contributed by atoms with Gasteiger partial charge in [0.05, 0.1) is 0 Å². The summed E-state index contributed by atoms with van der Waals surface area (Å²) in [7, 11) is 0. The summed E-state index contributed by atoms with van der Waals surface area (Å²) in [6, 6.07) is 16.8. The van der Waals surface area contributed by atoms with Crippen molar-refractivity contribution in [3.63, 3.8) is 0 Å². The minimum atomic E-state index is -0.884. The molecule has 112 valence electrons. The average Bonchev–Trinajstić information content (AvgIpc) is 3.32. The van der Waals surface area contributed by atoms with Crippen LogP contribution in [0.2, 0.25) is 0 Å². The molecule has 2 aliphatic carbocycles. The number of hydrogen-bond donors (Lipinski definition) is 2. The lowest BCUT2D eigenvalue weighted by atomic mass is 9.82. The van der Waals surface area contributed by atoms with E-state index in [4.69, 9.17) is 4.74 Å². The van der Waals surface area contributed by atoms with Crippen molar-refractivity contribution in [2.45, 2.75) is 24.4 Å². The van der Waals surface area contributed by atoms with Gasteiger partial charge < -0.3 is 14.9 Å². The van der Waals surface area contributed by atoms with Crippen molar-refractivity contribution in [2.24, 2.45) is 0 Å². The summed E-state index contributed by atoms with van der Waals surface area (Å²) in [5, 5.41) is 23.1. The van der Waals surface area contributed by atoms with Crippen LogP contribution < -0.4 is 0 Å². The monoisotopic (exact) mass is 302 g/mol. The van der Waals surface area contributed by atoms with E-state index < -0.39 is 12.2 Å². The highest BCUT2D eigenvalue weighted by Crippen LogP contribution is 2.57. The molecule has 3 aromatic carbocycles. The highest BCUT2D eigenvalue weighted by atomic mass is 16.6. The molecule has 0 amide bonds. The largest absolute Gasteiger partial charge is 0.387 e. The first-order valence-electron chi connectivity index (χ1n) is 7.96. The molecule has 1 aliphatic heterocycles. The lowest BCUT2D eigenvalue weighted by molar-refractivity contribution is 0.000129. The molecule has 4 atom stereocenters. The number of benzene rings is 3. The maximum Gasteiger partial charge on any atom is 0.118 e. The van der Waals surface area contributed by atoms with Crippen LogP contribution in [0.5, 0.6) is 0 Å². The molecule has 3 heteroatoms. The van der Waals surface area contributed by atoms with Gasteiger partial charge in [-0.15, -0.1) is 0 Å². The fourth-order valence-electron chi connectivity index (χ4n) is 4.46. The van der Waals surface area contributed by atoms with Crippen LogP contribution in [0.15, 0.2) is 48.5 Å². The van der Waals surface area contributed by atoms with Gasteiger partial charge in [-0.05, 0) is 50.2 Å². The fraction of sp³-hybridized carbons (Fsp3) is 0.200. The van der Waals surface area contributed by atoms with Gasteiger partial charge in [0.1, 0.15) is 24.4 Å². The molecule has 0 aromatic heterocycles. The van der Waals surface area contributed by atoms with Crippen molar-refractivity contribution in [2.75, 3.05) is 0 Å². The summed E-state index contributed by atoms with van der Waals surface area (Å²) in [6.07, 6.45) is -2.07. The number of epoxide rings is 1. The van der Waals surface area contributed by atoms with E-state index in [1.165, 1.54) is 22.1 Å². The first-order chi connectivity index (χ1) is 11.3. The molecule has 3 nitrogen and oxygen atoms in total. The van der Waals surface area contributed by atoms with Crippen LogP contribution in [0.25, 0.3) is 33.0 Å². The normalized spacial score (nSPS) is 29.1. The Morgan fingerprint density at radius 2 is 1.57 bits per heavy atom. The summed E-state index contributed by atoms with van der Waals surface area (Å²) < 4.78 is 5.66. The average molecular weight is 302 g/mol. The van der Waals surface area contributed by atoms with Crippen LogP contribution in [-0.2, 0) is 4.74 Å². The molecule has 0 spiro atoms. The van der Waals surface area contributed by atoms with Gasteiger partial charge in [0.15, 0.2) is 0 Å². The first kappa shape index (κ1) is 12.3. The molecule has 2 N–H and O–H groups in total. The molecule has 6 rings (SSSR count). The van der Waals surface area contributed by atoms with E-state index in [1.807, 2.05) is 6.07 Å². The van der Waals surface area contributed by atoms with Gasteiger partial charge in [0, 0.05) is 0 Å². The third-order valence-electron chi connectivity index (χ3n) is 5.53. The summed E-state index contributed by atoms with van der Waals surface area (Å²) in [5.41, 5.74) is 6.69. The predicted octanol–water partition coefficient (Wildman–Crippen LogP) is 3.34. The summed E-state index contributed by atoms with van der Waals surface area (Å²) in [6.45, 7) is 0. The molecule has 0 saturated carbocycles. The highest BCUT2D eigenvalue weighted by molar-refractivity contribution is 6.16. The van der Waals surface area contributed by atoms with Crippen molar-refractivity contribution in [3.8, 4) is 22.3 Å². The number of ether oxygens (including phenoxy) is 1. The van der Waals surface area contributed by atoms with E-state index >= 15 is 0 Å². The van der Waals surface area contributed by atoms with Crippen LogP contribution in [0, 0.1) is 0 Å². The van der Waals surface area contributed by atoms with Crippen molar-refractivity contribution >= 4 is 10.8 Å². The van der Waals surface area contributed by atoms with E-state index in [-0.39, 0.29) is 12.2 Å². The predicted molar refractivity (Wildman–Crippen MR) is 87.0 cm³/mol. The van der Waals surface area contributed by atoms with Gasteiger partial charge in [0.2, 0.25) is 0 Å². The van der Waals surface area contributed by atoms with Gasteiger partial charge in [-0.3, -0.25) is 0 Å². The second-order valence-corrected chi connectivity index (χ2v) is 6.66. The Bertz CT molecular complexity index is 1010. The van der Waals surface area contributed by atoms with Gasteiger partial charge in [0.25, 0.3) is 0 Å². The van der Waals surface area contributed by atoms with Crippen molar-refractivity contribution < 1.29 is 14.9 Å². The molecule has 3 aromatic rings. The van der Waals surface area contributed by atoms with Gasteiger partial charge >= 0.3 is 0 Å². The number of fused-ring (bicyclic) bond motifs is 7. The third kappa shape index (κ3) is 1.33. The molecule has 0 radical (unpaired) electrons. The SMILES string of the molecule is O[C@H]1c2cc3c4c(cccc4c2C2OC2[C@@H]1O)-c1ccccc1-3. The number of hydrogen-bond acceptors (Lipinski definition) is 3. The quantitative estimate of drug-likeness (QED) is 0.490. The maximum absolute atomic E-state index is 10.5. The minimum Gasteiger partial charge on any atom is -0.387 e. The standard InChI is InChI=1S/C20H14O3/c21-17-14-8-13-10-5-2-1-4-9(10)11-6-3-7-12(15(11)13)16(14)19-20(23-19)18(17)22/h1-8,17-22H/t17-,18+,19?,20?/m0/s1. The molecule has 23 heavy (non-hydrogen) atoms. The Balaban J connectivity index is 1.79. The lowest BCUT2D eigenvalue weighted by Gasteiger charge is -2.25. The van der Waals surface area contributed by atoms with E-state index in [0.29, 0.717) is 0 Å². The van der Waals surface area contributed by atoms with E-state index in [1.54, 1.807) is 0 Å². The molecule has 2 unspecified atom stereocenters. The zero-order valence-electron chi connectivity index (χ0n) is 12.2. The van der Waals surface area contributed by atoms with E-state index in [9.17, 15) is 10.2 Å². The van der Waals surface area contributed by atoms with Crippen LogP contribution in [-0.4, -0.2) is 22.4 Å². The van der Waals surface area contributed by atoms with Crippen LogP contribution in [0.3, 0.4) is 0 Å². The smallest absolute Gasteiger partial charge is 0.118 e. The molecule has 1 fully saturated rings. The van der Waals surface area contributed by atoms with Crippen molar-refractivity contribution in [1.29, 1.82) is 0 Å². The third-order valence-corrected chi connectivity index (χ3v) is 5.53. The maximum atomic E-state index is 10.5. The second-order valence-electron chi connectivity index (χ2n) is 6.66.